The molecule has 248 valence electrons. The van der Waals surface area contributed by atoms with Gasteiger partial charge in [-0.25, -0.2) is 0 Å². The molecule has 2 bridgehead atoms. The number of carbonyl (C=O) groups is 3. The number of ether oxygens (including phenoxy) is 1. The smallest absolute Gasteiger partial charge is 0.253 e. The summed E-state index contributed by atoms with van der Waals surface area (Å²) in [6.45, 7) is 22.6. The van der Waals surface area contributed by atoms with Crippen LogP contribution in [0.3, 0.4) is 0 Å². The Morgan fingerprint density at radius 2 is 1.67 bits per heavy atom. The number of nitrogens with zero attached hydrogens (tertiary/aromatic N) is 4. The topological polar surface area (TPSA) is 93.6 Å². The molecule has 9 heteroatoms. The molecule has 4 rings (SSSR count). The number of carbonyl (C=O) groups excluding carboxylic acids is 3. The predicted molar refractivity (Wildman–Crippen MR) is 179 cm³/mol. The molecule has 2 unspecified atom stereocenters. The molecule has 6 atom stereocenters. The second-order valence-corrected chi connectivity index (χ2v) is 13.4. The standard InChI is InChI=1S/C36H54N4O5/c1-9-20-38(21-10-2)32(42)29-30-33(43)40(28(24-41)23-25(6)7)31(36(30)19-18-35(29,8)45-36)34(44)39(22-11-3)27-16-14-26(15-17-27)37(12-4)13-5/h9,11,14-17,25,28-31,41H,1,3,10,12-13,18-24H2,2,4-8H3/t28-,29+,30+,31?,35-,36?/m1/s1. The summed E-state index contributed by atoms with van der Waals surface area (Å²) < 4.78 is 6.89. The highest BCUT2D eigenvalue weighted by Gasteiger charge is 2.78. The van der Waals surface area contributed by atoms with Gasteiger partial charge < -0.3 is 29.4 Å². The molecule has 1 N–H and O–H groups in total. The molecule has 3 fully saturated rings. The second kappa shape index (κ2) is 14.1. The Hall–Kier alpha value is -3.17. The average Bonchev–Trinajstić information content (AvgIpc) is 3.59. The van der Waals surface area contributed by atoms with Gasteiger partial charge in [-0.1, -0.05) is 32.9 Å². The zero-order chi connectivity index (χ0) is 33.1. The molecule has 1 aromatic carbocycles. The zero-order valence-electron chi connectivity index (χ0n) is 28.2. The minimum Gasteiger partial charge on any atom is -0.394 e. The average molecular weight is 623 g/mol. The van der Waals surface area contributed by atoms with Crippen molar-refractivity contribution in [1.82, 2.24) is 9.80 Å². The first kappa shape index (κ1) is 34.7. The number of hydrogen-bond acceptors (Lipinski definition) is 6. The summed E-state index contributed by atoms with van der Waals surface area (Å²) in [6.07, 6.45) is 5.72. The lowest BCUT2D eigenvalue weighted by Gasteiger charge is -2.40. The normalized spacial score (nSPS) is 27.4. The number of benzene rings is 1. The molecule has 1 aromatic rings. The van der Waals surface area contributed by atoms with E-state index in [4.69, 9.17) is 4.74 Å². The second-order valence-electron chi connectivity index (χ2n) is 13.4. The molecule has 3 aliphatic rings. The lowest BCUT2D eigenvalue weighted by molar-refractivity contribution is -0.152. The fourth-order valence-corrected chi connectivity index (χ4v) is 8.18. The molecule has 9 nitrogen and oxygen atoms in total. The number of hydrogen-bond donors (Lipinski definition) is 1. The van der Waals surface area contributed by atoms with Gasteiger partial charge >= 0.3 is 0 Å². The molecule has 3 heterocycles. The maximum Gasteiger partial charge on any atom is 0.253 e. The van der Waals surface area contributed by atoms with Gasteiger partial charge in [-0.2, -0.15) is 0 Å². The van der Waals surface area contributed by atoms with Crippen LogP contribution in [0.4, 0.5) is 11.4 Å². The van der Waals surface area contributed by atoms with Crippen molar-refractivity contribution in [1.29, 1.82) is 0 Å². The maximum atomic E-state index is 15.0. The highest BCUT2D eigenvalue weighted by Crippen LogP contribution is 2.64. The molecular formula is C36H54N4O5. The van der Waals surface area contributed by atoms with Gasteiger partial charge in [0.1, 0.15) is 11.6 Å². The number of fused-ring (bicyclic) bond motifs is 1. The Labute approximate surface area is 269 Å². The SMILES string of the molecule is C=CCN(CCC)C(=O)[C@@H]1[C@H]2C(=O)N([C@@H](CO)CC(C)C)C(C(=O)N(CC=C)c3ccc(N(CC)CC)cc3)C23CC[C@@]1(C)O3. The Morgan fingerprint density at radius 3 is 2.20 bits per heavy atom. The summed E-state index contributed by atoms with van der Waals surface area (Å²) in [4.78, 5) is 51.2. The fourth-order valence-electron chi connectivity index (χ4n) is 8.18. The zero-order valence-corrected chi connectivity index (χ0v) is 28.2. The molecule has 3 aliphatic heterocycles. The van der Waals surface area contributed by atoms with E-state index in [9.17, 15) is 19.5 Å². The summed E-state index contributed by atoms with van der Waals surface area (Å²) in [7, 11) is 0. The first-order valence-corrected chi connectivity index (χ1v) is 16.8. The number of anilines is 2. The van der Waals surface area contributed by atoms with Crippen molar-refractivity contribution >= 4 is 29.1 Å². The molecule has 0 aromatic heterocycles. The van der Waals surface area contributed by atoms with Crippen molar-refractivity contribution in [2.24, 2.45) is 17.8 Å². The van der Waals surface area contributed by atoms with E-state index in [-0.39, 0.29) is 36.8 Å². The van der Waals surface area contributed by atoms with E-state index in [2.05, 4.69) is 31.9 Å². The van der Waals surface area contributed by atoms with E-state index in [0.717, 1.165) is 25.2 Å². The van der Waals surface area contributed by atoms with Crippen LogP contribution in [0, 0.1) is 17.8 Å². The third-order valence-electron chi connectivity index (χ3n) is 10.1. The monoisotopic (exact) mass is 622 g/mol. The van der Waals surface area contributed by atoms with Crippen molar-refractivity contribution in [2.75, 3.05) is 49.1 Å². The summed E-state index contributed by atoms with van der Waals surface area (Å²) in [5.41, 5.74) is -0.304. The number of aliphatic hydroxyl groups excluding tert-OH is 1. The Morgan fingerprint density at radius 1 is 1.04 bits per heavy atom. The maximum absolute atomic E-state index is 15.0. The molecule has 0 saturated carbocycles. The van der Waals surface area contributed by atoms with Gasteiger partial charge in [0.2, 0.25) is 11.8 Å². The molecule has 45 heavy (non-hydrogen) atoms. The summed E-state index contributed by atoms with van der Waals surface area (Å²) in [5.74, 6) is -2.08. The fraction of sp³-hybridized carbons (Fsp3) is 0.639. The van der Waals surface area contributed by atoms with Crippen LogP contribution in [0.15, 0.2) is 49.6 Å². The van der Waals surface area contributed by atoms with E-state index >= 15 is 0 Å². The van der Waals surface area contributed by atoms with Gasteiger partial charge in [-0.15, -0.1) is 13.2 Å². The van der Waals surface area contributed by atoms with Crippen molar-refractivity contribution < 1.29 is 24.2 Å². The van der Waals surface area contributed by atoms with Gasteiger partial charge in [-0.05, 0) is 76.6 Å². The van der Waals surface area contributed by atoms with Crippen LogP contribution < -0.4 is 9.80 Å². The van der Waals surface area contributed by atoms with Crippen molar-refractivity contribution in [3.63, 3.8) is 0 Å². The largest absolute Gasteiger partial charge is 0.394 e. The number of aliphatic hydroxyl groups is 1. The molecule has 1 spiro atoms. The van der Waals surface area contributed by atoms with E-state index in [1.807, 2.05) is 52.0 Å². The molecule has 3 amide bonds. The highest BCUT2D eigenvalue weighted by atomic mass is 16.5. The van der Waals surface area contributed by atoms with Crippen molar-refractivity contribution in [3.05, 3.63) is 49.6 Å². The molecule has 3 saturated heterocycles. The van der Waals surface area contributed by atoms with E-state index in [0.29, 0.717) is 38.0 Å². The van der Waals surface area contributed by atoms with Gasteiger partial charge in [0.05, 0.1) is 30.1 Å². The Kier molecular flexibility index (Phi) is 10.9. The van der Waals surface area contributed by atoms with Crippen LogP contribution in [0.25, 0.3) is 0 Å². The van der Waals surface area contributed by atoms with Crippen molar-refractivity contribution in [3.8, 4) is 0 Å². The summed E-state index contributed by atoms with van der Waals surface area (Å²) in [6, 6.07) is 6.30. The third kappa shape index (κ3) is 6.06. The third-order valence-corrected chi connectivity index (χ3v) is 10.1. The lowest BCUT2D eigenvalue weighted by atomic mass is 9.66. The predicted octanol–water partition coefficient (Wildman–Crippen LogP) is 4.65. The molecule has 0 radical (unpaired) electrons. The van der Waals surface area contributed by atoms with Crippen LogP contribution >= 0.6 is 0 Å². The van der Waals surface area contributed by atoms with E-state index < -0.39 is 35.1 Å². The number of amides is 3. The summed E-state index contributed by atoms with van der Waals surface area (Å²) in [5, 5.41) is 10.7. The quantitative estimate of drug-likeness (QED) is 0.270. The van der Waals surface area contributed by atoms with Crippen LogP contribution in [0.5, 0.6) is 0 Å². The number of rotatable bonds is 16. The van der Waals surface area contributed by atoms with Gasteiger partial charge in [-0.3, -0.25) is 14.4 Å². The molecular weight excluding hydrogens is 568 g/mol. The van der Waals surface area contributed by atoms with Crippen LogP contribution in [0.2, 0.25) is 0 Å². The summed E-state index contributed by atoms with van der Waals surface area (Å²) >= 11 is 0. The van der Waals surface area contributed by atoms with Gasteiger partial charge in [0, 0.05) is 44.1 Å². The Balaban J connectivity index is 1.83. The van der Waals surface area contributed by atoms with Crippen LogP contribution in [0.1, 0.15) is 67.2 Å². The first-order valence-electron chi connectivity index (χ1n) is 16.8. The molecule has 0 aliphatic carbocycles. The van der Waals surface area contributed by atoms with Crippen LogP contribution in [-0.4, -0.2) is 95.2 Å². The first-order chi connectivity index (χ1) is 21.5. The Bertz CT molecular complexity index is 1250. The van der Waals surface area contributed by atoms with Crippen molar-refractivity contribution in [2.45, 2.75) is 90.5 Å². The minimum absolute atomic E-state index is 0.133. The van der Waals surface area contributed by atoms with Gasteiger partial charge in [0.25, 0.3) is 5.91 Å². The van der Waals surface area contributed by atoms with E-state index in [1.54, 1.807) is 26.9 Å². The minimum atomic E-state index is -1.18. The highest BCUT2D eigenvalue weighted by molar-refractivity contribution is 6.05. The van der Waals surface area contributed by atoms with Crippen LogP contribution in [-0.2, 0) is 19.1 Å². The lowest BCUT2D eigenvalue weighted by Crippen LogP contribution is -2.59. The van der Waals surface area contributed by atoms with E-state index in [1.165, 1.54) is 0 Å². The number of likely N-dealkylation sites (tertiary alicyclic amines) is 1. The van der Waals surface area contributed by atoms with Gasteiger partial charge in [0.15, 0.2) is 0 Å².